The Kier molecular flexibility index (Phi) is 7.22. The normalized spacial score (nSPS) is 20.9. The van der Waals surface area contributed by atoms with E-state index in [-0.39, 0.29) is 18.3 Å². The summed E-state index contributed by atoms with van der Waals surface area (Å²) in [5.41, 5.74) is 0.929. The smallest absolute Gasteiger partial charge is 0.241 e. The Labute approximate surface area is 149 Å². The molecule has 0 aromatic heterocycles. The highest BCUT2D eigenvalue weighted by Crippen LogP contribution is 2.23. The molecule has 0 heterocycles. The van der Waals surface area contributed by atoms with Gasteiger partial charge in [0.25, 0.3) is 0 Å². The molecule has 2 rings (SSSR count). The minimum absolute atomic E-state index is 0.00650. The van der Waals surface area contributed by atoms with E-state index in [0.29, 0.717) is 24.5 Å². The number of benzene rings is 1. The van der Waals surface area contributed by atoms with Crippen LogP contribution in [-0.2, 0) is 11.3 Å². The first-order valence-corrected chi connectivity index (χ1v) is 8.95. The van der Waals surface area contributed by atoms with Gasteiger partial charge in [-0.1, -0.05) is 31.9 Å². The molecule has 1 aromatic carbocycles. The quantitative estimate of drug-likeness (QED) is 0.635. The van der Waals surface area contributed by atoms with Gasteiger partial charge in [0.05, 0.1) is 13.1 Å². The van der Waals surface area contributed by atoms with Crippen LogP contribution in [0.2, 0.25) is 0 Å². The van der Waals surface area contributed by atoms with Gasteiger partial charge in [-0.05, 0) is 36.5 Å². The first-order valence-electron chi connectivity index (χ1n) is 8.95. The lowest BCUT2D eigenvalue weighted by atomic mass is 9.86. The van der Waals surface area contributed by atoms with E-state index in [1.165, 1.54) is 31.4 Å². The van der Waals surface area contributed by atoms with Crippen molar-refractivity contribution in [1.29, 1.82) is 0 Å². The van der Waals surface area contributed by atoms with Gasteiger partial charge in [0.2, 0.25) is 5.91 Å². The van der Waals surface area contributed by atoms with E-state index in [0.717, 1.165) is 12.0 Å². The van der Waals surface area contributed by atoms with Crippen LogP contribution in [-0.4, -0.2) is 43.4 Å². The van der Waals surface area contributed by atoms with Gasteiger partial charge in [-0.15, -0.1) is 0 Å². The SMILES string of the molecule is CC1CCCCC1NC(=NCc1ccc(F)cc1)NCC(=O)N(C)C. The molecule has 1 aliphatic carbocycles. The zero-order valence-electron chi connectivity index (χ0n) is 15.4. The number of carbonyl (C=O) groups is 1. The van der Waals surface area contributed by atoms with Crippen LogP contribution in [0, 0.1) is 11.7 Å². The first-order chi connectivity index (χ1) is 12.0. The van der Waals surface area contributed by atoms with Crippen LogP contribution in [0.25, 0.3) is 0 Å². The molecule has 25 heavy (non-hydrogen) atoms. The highest BCUT2D eigenvalue weighted by Gasteiger charge is 2.22. The van der Waals surface area contributed by atoms with Crippen LogP contribution in [0.15, 0.2) is 29.3 Å². The van der Waals surface area contributed by atoms with Gasteiger partial charge >= 0.3 is 0 Å². The zero-order chi connectivity index (χ0) is 18.2. The van der Waals surface area contributed by atoms with Crippen molar-refractivity contribution in [2.45, 2.75) is 45.2 Å². The third-order valence-corrected chi connectivity index (χ3v) is 4.67. The largest absolute Gasteiger partial charge is 0.353 e. The molecule has 1 aromatic rings. The number of nitrogens with zero attached hydrogens (tertiary/aromatic N) is 2. The van der Waals surface area contributed by atoms with E-state index in [4.69, 9.17) is 0 Å². The number of aliphatic imine (C=N–C) groups is 1. The summed E-state index contributed by atoms with van der Waals surface area (Å²) >= 11 is 0. The summed E-state index contributed by atoms with van der Waals surface area (Å²) in [6.07, 6.45) is 4.80. The van der Waals surface area contributed by atoms with Crippen molar-refractivity contribution in [2.24, 2.45) is 10.9 Å². The van der Waals surface area contributed by atoms with E-state index >= 15 is 0 Å². The van der Waals surface area contributed by atoms with Crippen molar-refractivity contribution in [2.75, 3.05) is 20.6 Å². The zero-order valence-corrected chi connectivity index (χ0v) is 15.4. The second kappa shape index (κ2) is 9.39. The molecule has 1 fully saturated rings. The van der Waals surface area contributed by atoms with Gasteiger partial charge in [-0.25, -0.2) is 9.38 Å². The average Bonchev–Trinajstić information content (AvgIpc) is 2.60. The van der Waals surface area contributed by atoms with Crippen LogP contribution in [0.3, 0.4) is 0 Å². The van der Waals surface area contributed by atoms with Crippen molar-refractivity contribution >= 4 is 11.9 Å². The molecule has 0 aliphatic heterocycles. The van der Waals surface area contributed by atoms with Gasteiger partial charge in [0.15, 0.2) is 5.96 Å². The molecule has 5 nitrogen and oxygen atoms in total. The van der Waals surface area contributed by atoms with Crippen LogP contribution in [0.4, 0.5) is 4.39 Å². The molecule has 0 bridgehead atoms. The number of halogens is 1. The van der Waals surface area contributed by atoms with Gasteiger partial charge < -0.3 is 15.5 Å². The molecule has 0 saturated heterocycles. The lowest BCUT2D eigenvalue weighted by molar-refractivity contribution is -0.127. The maximum Gasteiger partial charge on any atom is 0.241 e. The van der Waals surface area contributed by atoms with Crippen LogP contribution in [0.5, 0.6) is 0 Å². The molecule has 138 valence electrons. The first kappa shape index (κ1) is 19.2. The molecule has 1 saturated carbocycles. The standard InChI is InChI=1S/C19H29FN4O/c1-14-6-4-5-7-17(14)23-19(22-13-18(25)24(2)3)21-12-15-8-10-16(20)11-9-15/h8-11,14,17H,4-7,12-13H2,1-3H3,(H2,21,22,23). The highest BCUT2D eigenvalue weighted by atomic mass is 19.1. The number of guanidine groups is 1. The highest BCUT2D eigenvalue weighted by molar-refractivity contribution is 5.86. The fourth-order valence-electron chi connectivity index (χ4n) is 2.94. The van der Waals surface area contributed by atoms with E-state index in [1.54, 1.807) is 31.1 Å². The molecule has 1 aliphatic rings. The molecule has 0 spiro atoms. The van der Waals surface area contributed by atoms with Crippen molar-refractivity contribution in [1.82, 2.24) is 15.5 Å². The minimum Gasteiger partial charge on any atom is -0.353 e. The summed E-state index contributed by atoms with van der Waals surface area (Å²) in [6, 6.07) is 6.69. The molecule has 2 unspecified atom stereocenters. The van der Waals surface area contributed by atoms with E-state index in [2.05, 4.69) is 22.5 Å². The Morgan fingerprint density at radius 3 is 2.56 bits per heavy atom. The van der Waals surface area contributed by atoms with E-state index in [1.807, 2.05) is 0 Å². The number of nitrogens with one attached hydrogen (secondary N) is 2. The Hall–Kier alpha value is -2.11. The molecule has 0 radical (unpaired) electrons. The number of rotatable bonds is 5. The molecule has 6 heteroatoms. The minimum atomic E-state index is -0.253. The van der Waals surface area contributed by atoms with E-state index in [9.17, 15) is 9.18 Å². The monoisotopic (exact) mass is 348 g/mol. The number of amides is 1. The predicted molar refractivity (Wildman–Crippen MR) is 98.8 cm³/mol. The van der Waals surface area contributed by atoms with Crippen LogP contribution < -0.4 is 10.6 Å². The Morgan fingerprint density at radius 1 is 1.24 bits per heavy atom. The summed E-state index contributed by atoms with van der Waals surface area (Å²) in [5, 5.41) is 6.60. The summed E-state index contributed by atoms with van der Waals surface area (Å²) in [7, 11) is 3.46. The summed E-state index contributed by atoms with van der Waals surface area (Å²) < 4.78 is 13.0. The molecule has 2 atom stereocenters. The number of hydrogen-bond donors (Lipinski definition) is 2. The topological polar surface area (TPSA) is 56.7 Å². The second-order valence-corrected chi connectivity index (χ2v) is 6.95. The summed E-state index contributed by atoms with van der Waals surface area (Å²) in [5.74, 6) is 0.958. The fraction of sp³-hybridized carbons (Fsp3) is 0.579. The second-order valence-electron chi connectivity index (χ2n) is 6.95. The van der Waals surface area contributed by atoms with Gasteiger partial charge in [-0.3, -0.25) is 4.79 Å². The fourth-order valence-corrected chi connectivity index (χ4v) is 2.94. The van der Waals surface area contributed by atoms with Crippen molar-refractivity contribution in [3.63, 3.8) is 0 Å². The summed E-state index contributed by atoms with van der Waals surface area (Å²) in [4.78, 5) is 18.0. The average molecular weight is 348 g/mol. The number of hydrogen-bond acceptors (Lipinski definition) is 2. The molecule has 1 amide bonds. The van der Waals surface area contributed by atoms with Crippen LogP contribution in [0.1, 0.15) is 38.2 Å². The Bertz CT molecular complexity index is 586. The van der Waals surface area contributed by atoms with Gasteiger partial charge in [0.1, 0.15) is 5.82 Å². The lowest BCUT2D eigenvalue weighted by Gasteiger charge is -2.31. The Balaban J connectivity index is 2.02. The number of carbonyl (C=O) groups excluding carboxylic acids is 1. The predicted octanol–water partition coefficient (Wildman–Crippen LogP) is 2.53. The van der Waals surface area contributed by atoms with Crippen molar-refractivity contribution in [3.05, 3.63) is 35.6 Å². The Morgan fingerprint density at radius 2 is 1.92 bits per heavy atom. The lowest BCUT2D eigenvalue weighted by Crippen LogP contribution is -2.49. The summed E-state index contributed by atoms with van der Waals surface area (Å²) in [6.45, 7) is 2.88. The van der Waals surface area contributed by atoms with Crippen molar-refractivity contribution in [3.8, 4) is 0 Å². The number of likely N-dealkylation sites (N-methyl/N-ethyl adjacent to an activating group) is 1. The van der Waals surface area contributed by atoms with Gasteiger partial charge in [-0.2, -0.15) is 0 Å². The van der Waals surface area contributed by atoms with E-state index < -0.39 is 0 Å². The molecular weight excluding hydrogens is 319 g/mol. The van der Waals surface area contributed by atoms with Crippen LogP contribution >= 0.6 is 0 Å². The third-order valence-electron chi connectivity index (χ3n) is 4.67. The van der Waals surface area contributed by atoms with Gasteiger partial charge in [0, 0.05) is 20.1 Å². The van der Waals surface area contributed by atoms with Crippen molar-refractivity contribution < 1.29 is 9.18 Å². The maximum atomic E-state index is 13.0. The molecule has 2 N–H and O–H groups in total. The maximum absolute atomic E-state index is 13.0. The molecular formula is C19H29FN4O. The third kappa shape index (κ3) is 6.36.